The van der Waals surface area contributed by atoms with Gasteiger partial charge < -0.3 is 9.97 Å². The van der Waals surface area contributed by atoms with Crippen molar-refractivity contribution in [3.05, 3.63) is 102 Å². The summed E-state index contributed by atoms with van der Waals surface area (Å²) in [4.78, 5) is 16.0. The Hall–Kier alpha value is -4.79. The predicted octanol–water partition coefficient (Wildman–Crippen LogP) is 6.72. The van der Waals surface area contributed by atoms with Crippen LogP contribution < -0.4 is 0 Å². The van der Waals surface area contributed by atoms with Gasteiger partial charge in [-0.15, -0.1) is 0 Å². The highest BCUT2D eigenvalue weighted by atomic mass is 32.2. The van der Waals surface area contributed by atoms with Gasteiger partial charge in [0, 0.05) is 33.2 Å². The number of nitrogens with zero attached hydrogens (tertiary/aromatic N) is 2. The third-order valence-electron chi connectivity index (χ3n) is 6.61. The van der Waals surface area contributed by atoms with Gasteiger partial charge in [0.05, 0.1) is 22.8 Å². The van der Waals surface area contributed by atoms with E-state index in [-0.39, 0.29) is 4.90 Å². The van der Waals surface area contributed by atoms with Gasteiger partial charge in [-0.1, -0.05) is 30.3 Å². The normalized spacial score (nSPS) is 12.9. The summed E-state index contributed by atoms with van der Waals surface area (Å²) >= 11 is 0. The van der Waals surface area contributed by atoms with Gasteiger partial charge in [-0.3, -0.25) is 4.55 Å². The SMILES string of the molecule is O=S(=O)(O)c1ccc2ccccc2c1-c1cc2cc3ccc(cc4nc(cc5nc(cc1[nH]2)C=C5)C=C4)[nH]3. The van der Waals surface area contributed by atoms with Crippen molar-refractivity contribution in [3.63, 3.8) is 0 Å². The molecule has 0 saturated carbocycles. The van der Waals surface area contributed by atoms with E-state index in [0.29, 0.717) is 27.7 Å². The standard InChI is InChI=1S/C30H20N4O3S/c35-38(36,37)29-12-5-18-3-1-2-4-26(18)30(29)27-16-25-15-23-9-8-21(32-23)13-19-6-7-20(31-19)14-22-10-11-24(33-22)17-28(27)34-25/h1-17,32,34H,(H,35,36,37). The second kappa shape index (κ2) is 8.37. The van der Waals surface area contributed by atoms with Crippen molar-refractivity contribution in [2.75, 3.05) is 0 Å². The highest BCUT2D eigenvalue weighted by Crippen LogP contribution is 2.38. The lowest BCUT2D eigenvalue weighted by atomic mass is 9.98. The number of hydrogen-bond acceptors (Lipinski definition) is 4. The molecule has 2 aliphatic heterocycles. The van der Waals surface area contributed by atoms with Crippen LogP contribution in [-0.4, -0.2) is 32.9 Å². The summed E-state index contributed by atoms with van der Waals surface area (Å²) in [5, 5.41) is 1.58. The largest absolute Gasteiger partial charge is 0.355 e. The molecule has 0 spiro atoms. The molecule has 5 heterocycles. The summed E-state index contributed by atoms with van der Waals surface area (Å²) in [7, 11) is -4.50. The molecule has 184 valence electrons. The zero-order chi connectivity index (χ0) is 25.9. The average molecular weight is 517 g/mol. The lowest BCUT2D eigenvalue weighted by Crippen LogP contribution is -2.01. The van der Waals surface area contributed by atoms with Crippen molar-refractivity contribution in [2.45, 2.75) is 4.90 Å². The Bertz CT molecular complexity index is 2120. The molecule has 0 amide bonds. The van der Waals surface area contributed by atoms with Gasteiger partial charge in [0.2, 0.25) is 0 Å². The van der Waals surface area contributed by atoms with E-state index in [1.807, 2.05) is 91.0 Å². The van der Waals surface area contributed by atoms with Crippen LogP contribution >= 0.6 is 0 Å². The van der Waals surface area contributed by atoms with Crippen molar-refractivity contribution >= 4 is 67.3 Å². The van der Waals surface area contributed by atoms with Crippen molar-refractivity contribution in [2.24, 2.45) is 0 Å². The van der Waals surface area contributed by atoms with Gasteiger partial charge in [0.15, 0.2) is 0 Å². The third kappa shape index (κ3) is 4.02. The quantitative estimate of drug-likeness (QED) is 0.221. The molecular weight excluding hydrogens is 496 g/mol. The molecule has 2 aliphatic rings. The van der Waals surface area contributed by atoms with E-state index < -0.39 is 10.1 Å². The molecule has 7 rings (SSSR count). The average Bonchev–Trinajstić information content (AvgIpc) is 3.68. The first-order chi connectivity index (χ1) is 18.4. The number of benzene rings is 2. The minimum Gasteiger partial charge on any atom is -0.355 e. The van der Waals surface area contributed by atoms with Gasteiger partial charge in [0.1, 0.15) is 4.90 Å². The second-order valence-electron chi connectivity index (χ2n) is 9.22. The number of nitrogens with one attached hydrogen (secondary N) is 2. The Morgan fingerprint density at radius 3 is 2.03 bits per heavy atom. The van der Waals surface area contributed by atoms with Crippen LogP contribution in [0.1, 0.15) is 22.8 Å². The van der Waals surface area contributed by atoms with Gasteiger partial charge >= 0.3 is 0 Å². The fourth-order valence-electron chi connectivity index (χ4n) is 4.97. The maximum absolute atomic E-state index is 12.5. The highest BCUT2D eigenvalue weighted by Gasteiger charge is 2.21. The number of rotatable bonds is 2. The summed E-state index contributed by atoms with van der Waals surface area (Å²) in [6.07, 6.45) is 7.72. The fraction of sp³-hybridized carbons (Fsp3) is 0. The van der Waals surface area contributed by atoms with Crippen LogP contribution in [0.15, 0.2) is 83.8 Å². The lowest BCUT2D eigenvalue weighted by molar-refractivity contribution is 0.483. The Labute approximate surface area is 217 Å². The maximum Gasteiger partial charge on any atom is 0.295 e. The molecule has 38 heavy (non-hydrogen) atoms. The Morgan fingerprint density at radius 1 is 0.632 bits per heavy atom. The Balaban J connectivity index is 1.61. The van der Waals surface area contributed by atoms with E-state index in [1.165, 1.54) is 6.07 Å². The van der Waals surface area contributed by atoms with E-state index in [2.05, 4.69) is 15.0 Å². The topological polar surface area (TPSA) is 112 Å². The van der Waals surface area contributed by atoms with E-state index in [1.54, 1.807) is 6.07 Å². The van der Waals surface area contributed by atoms with Gasteiger partial charge in [0.25, 0.3) is 10.1 Å². The summed E-state index contributed by atoms with van der Waals surface area (Å²) in [6.45, 7) is 0. The van der Waals surface area contributed by atoms with Crippen LogP contribution in [0.3, 0.4) is 0 Å². The summed E-state index contributed by atoms with van der Waals surface area (Å²) in [5.41, 5.74) is 7.37. The van der Waals surface area contributed by atoms with E-state index in [4.69, 9.17) is 4.98 Å². The summed E-state index contributed by atoms with van der Waals surface area (Å²) in [6, 6.07) is 24.2. The molecule has 8 bridgehead atoms. The molecule has 0 saturated heterocycles. The molecule has 5 aromatic rings. The fourth-order valence-corrected chi connectivity index (χ4v) is 5.69. The van der Waals surface area contributed by atoms with E-state index in [0.717, 1.165) is 39.0 Å². The molecule has 0 unspecified atom stereocenters. The zero-order valence-corrected chi connectivity index (χ0v) is 20.7. The lowest BCUT2D eigenvalue weighted by Gasteiger charge is -2.10. The van der Waals surface area contributed by atoms with Crippen LogP contribution in [0.25, 0.3) is 68.3 Å². The van der Waals surface area contributed by atoms with Crippen LogP contribution in [0.4, 0.5) is 0 Å². The molecule has 0 radical (unpaired) electrons. The molecule has 0 atom stereocenters. The summed E-state index contributed by atoms with van der Waals surface area (Å²) in [5.74, 6) is 0. The van der Waals surface area contributed by atoms with Crippen LogP contribution in [0, 0.1) is 0 Å². The minimum atomic E-state index is -4.50. The van der Waals surface area contributed by atoms with Crippen molar-refractivity contribution in [1.29, 1.82) is 0 Å². The highest BCUT2D eigenvalue weighted by molar-refractivity contribution is 7.86. The third-order valence-corrected chi connectivity index (χ3v) is 7.50. The van der Waals surface area contributed by atoms with Crippen LogP contribution in [-0.2, 0) is 10.1 Å². The molecule has 3 aromatic heterocycles. The molecule has 3 N–H and O–H groups in total. The summed E-state index contributed by atoms with van der Waals surface area (Å²) < 4.78 is 35.2. The minimum absolute atomic E-state index is 0.151. The first-order valence-electron chi connectivity index (χ1n) is 12.0. The van der Waals surface area contributed by atoms with Crippen LogP contribution in [0.2, 0.25) is 0 Å². The van der Waals surface area contributed by atoms with Crippen molar-refractivity contribution in [3.8, 4) is 11.1 Å². The second-order valence-corrected chi connectivity index (χ2v) is 10.6. The molecular formula is C30H20N4O3S. The number of fused-ring (bicyclic) bond motifs is 9. The van der Waals surface area contributed by atoms with Gasteiger partial charge in [-0.05, 0) is 83.6 Å². The molecule has 8 heteroatoms. The molecule has 7 nitrogen and oxygen atoms in total. The molecule has 0 fully saturated rings. The number of aromatic nitrogens is 4. The zero-order valence-electron chi connectivity index (χ0n) is 19.9. The number of H-pyrrole nitrogens is 2. The number of aromatic amines is 2. The monoisotopic (exact) mass is 516 g/mol. The maximum atomic E-state index is 12.5. The molecule has 2 aromatic carbocycles. The predicted molar refractivity (Wildman–Crippen MR) is 152 cm³/mol. The molecule has 0 aliphatic carbocycles. The van der Waals surface area contributed by atoms with E-state index >= 15 is 0 Å². The Kier molecular flexibility index (Phi) is 4.94. The van der Waals surface area contributed by atoms with Gasteiger partial charge in [-0.2, -0.15) is 8.42 Å². The Morgan fingerprint density at radius 2 is 1.29 bits per heavy atom. The van der Waals surface area contributed by atoms with Crippen molar-refractivity contribution < 1.29 is 13.0 Å². The van der Waals surface area contributed by atoms with Gasteiger partial charge in [-0.25, -0.2) is 9.97 Å². The van der Waals surface area contributed by atoms with Crippen molar-refractivity contribution in [1.82, 2.24) is 19.9 Å². The first kappa shape index (κ1) is 22.4. The van der Waals surface area contributed by atoms with E-state index in [9.17, 15) is 13.0 Å². The smallest absolute Gasteiger partial charge is 0.295 e. The number of hydrogen-bond donors (Lipinski definition) is 3. The van der Waals surface area contributed by atoms with Crippen LogP contribution in [0.5, 0.6) is 0 Å². The first-order valence-corrected chi connectivity index (χ1v) is 13.4.